The van der Waals surface area contributed by atoms with Gasteiger partial charge >= 0.3 is 0 Å². The van der Waals surface area contributed by atoms with Crippen LogP contribution in [0.25, 0.3) is 16.7 Å². The monoisotopic (exact) mass is 313 g/mol. The minimum absolute atomic E-state index is 0.173. The number of pyridine rings is 1. The second kappa shape index (κ2) is 5.85. The molecule has 7 nitrogen and oxygen atoms in total. The zero-order chi connectivity index (χ0) is 16.6. The molecule has 0 saturated heterocycles. The van der Waals surface area contributed by atoms with Gasteiger partial charge in [0.25, 0.3) is 11.5 Å². The molecular formula is C16H19N5O2. The van der Waals surface area contributed by atoms with Crippen LogP contribution in [0, 0.1) is 0 Å². The van der Waals surface area contributed by atoms with E-state index < -0.39 is 0 Å². The maximum absolute atomic E-state index is 12.6. The molecule has 1 amide bonds. The third-order valence-electron chi connectivity index (χ3n) is 3.79. The van der Waals surface area contributed by atoms with Gasteiger partial charge in [-0.25, -0.2) is 4.98 Å². The van der Waals surface area contributed by atoms with Crippen molar-refractivity contribution in [3.05, 3.63) is 46.5 Å². The molecule has 0 aromatic carbocycles. The topological polar surface area (TPSA) is 71.6 Å². The molecular weight excluding hydrogens is 294 g/mol. The van der Waals surface area contributed by atoms with Gasteiger partial charge in [0.15, 0.2) is 0 Å². The highest BCUT2D eigenvalue weighted by Crippen LogP contribution is 2.14. The van der Waals surface area contributed by atoms with Crippen LogP contribution >= 0.6 is 0 Å². The second-order valence-corrected chi connectivity index (χ2v) is 5.73. The van der Waals surface area contributed by atoms with Crippen LogP contribution in [0.2, 0.25) is 0 Å². The highest BCUT2D eigenvalue weighted by Gasteiger charge is 2.17. The summed E-state index contributed by atoms with van der Waals surface area (Å²) in [5.41, 5.74) is 1.33. The number of rotatable bonds is 4. The van der Waals surface area contributed by atoms with Crippen molar-refractivity contribution in [3.8, 4) is 0 Å². The van der Waals surface area contributed by atoms with Gasteiger partial charge in [0.1, 0.15) is 17.0 Å². The van der Waals surface area contributed by atoms with E-state index in [-0.39, 0.29) is 11.5 Å². The third kappa shape index (κ3) is 2.70. The van der Waals surface area contributed by atoms with Gasteiger partial charge in [0.05, 0.1) is 5.39 Å². The van der Waals surface area contributed by atoms with E-state index in [0.29, 0.717) is 28.9 Å². The van der Waals surface area contributed by atoms with Crippen LogP contribution in [0.1, 0.15) is 10.5 Å². The van der Waals surface area contributed by atoms with Crippen LogP contribution in [-0.4, -0.2) is 51.9 Å². The first kappa shape index (κ1) is 15.2. The molecule has 0 aliphatic carbocycles. The average molecular weight is 313 g/mol. The van der Waals surface area contributed by atoms with Crippen molar-refractivity contribution in [2.75, 3.05) is 27.2 Å². The van der Waals surface area contributed by atoms with Crippen molar-refractivity contribution in [1.82, 2.24) is 24.2 Å². The Kier molecular flexibility index (Phi) is 3.87. The molecule has 23 heavy (non-hydrogen) atoms. The smallest absolute Gasteiger partial charge is 0.268 e. The molecule has 3 aromatic heterocycles. The standard InChI is InChI=1S/C16H19N5O2/c1-19(2)9-7-17-15(22)12-10-11-14(20(12)3)18-13-6-4-5-8-21(13)16(11)23/h4-6,8,10H,7,9H2,1-3H3,(H,17,22). The van der Waals surface area contributed by atoms with Crippen molar-refractivity contribution < 1.29 is 4.79 Å². The Labute approximate surface area is 133 Å². The molecule has 3 rings (SSSR count). The van der Waals surface area contributed by atoms with E-state index >= 15 is 0 Å². The summed E-state index contributed by atoms with van der Waals surface area (Å²) in [6.07, 6.45) is 1.67. The molecule has 0 radical (unpaired) electrons. The maximum atomic E-state index is 12.6. The predicted molar refractivity (Wildman–Crippen MR) is 88.8 cm³/mol. The van der Waals surface area contributed by atoms with Crippen LogP contribution in [0.5, 0.6) is 0 Å². The molecule has 7 heteroatoms. The largest absolute Gasteiger partial charge is 0.349 e. The molecule has 3 aromatic rings. The van der Waals surface area contributed by atoms with Gasteiger partial charge in [0.2, 0.25) is 0 Å². The summed E-state index contributed by atoms with van der Waals surface area (Å²) in [7, 11) is 5.63. The maximum Gasteiger partial charge on any atom is 0.268 e. The predicted octanol–water partition coefficient (Wildman–Crippen LogP) is 0.478. The van der Waals surface area contributed by atoms with E-state index in [1.807, 2.05) is 25.1 Å². The molecule has 1 N–H and O–H groups in total. The van der Waals surface area contributed by atoms with E-state index in [2.05, 4.69) is 10.3 Å². The number of carbonyl (C=O) groups is 1. The van der Waals surface area contributed by atoms with Crippen LogP contribution in [0.15, 0.2) is 35.3 Å². The van der Waals surface area contributed by atoms with E-state index in [1.165, 1.54) is 4.40 Å². The highest BCUT2D eigenvalue weighted by atomic mass is 16.2. The first-order chi connectivity index (χ1) is 11.0. The van der Waals surface area contributed by atoms with E-state index in [9.17, 15) is 9.59 Å². The number of aromatic nitrogens is 3. The lowest BCUT2D eigenvalue weighted by Crippen LogP contribution is -2.32. The molecule has 0 spiro atoms. The van der Waals surface area contributed by atoms with E-state index in [4.69, 9.17) is 0 Å². The molecule has 0 atom stereocenters. The SMILES string of the molecule is CN(C)CCNC(=O)c1cc2c(=O)n3ccccc3nc2n1C. The van der Waals surface area contributed by atoms with Gasteiger partial charge in [0, 0.05) is 26.3 Å². The molecule has 0 unspecified atom stereocenters. The minimum atomic E-state index is -0.208. The molecule has 0 aliphatic heterocycles. The number of hydrogen-bond donors (Lipinski definition) is 1. The van der Waals surface area contributed by atoms with Crippen molar-refractivity contribution in [2.24, 2.45) is 7.05 Å². The fraction of sp³-hybridized carbons (Fsp3) is 0.312. The molecule has 3 heterocycles. The number of aryl methyl sites for hydroxylation is 1. The van der Waals surface area contributed by atoms with Crippen molar-refractivity contribution in [2.45, 2.75) is 0 Å². The Hall–Kier alpha value is -2.67. The first-order valence-electron chi connectivity index (χ1n) is 7.39. The number of carbonyl (C=O) groups excluding carboxylic acids is 1. The number of hydrogen-bond acceptors (Lipinski definition) is 4. The Balaban J connectivity index is 2.04. The first-order valence-corrected chi connectivity index (χ1v) is 7.39. The number of nitrogens with zero attached hydrogens (tertiary/aromatic N) is 4. The molecule has 0 aliphatic rings. The summed E-state index contributed by atoms with van der Waals surface area (Å²) < 4.78 is 3.14. The van der Waals surface area contributed by atoms with Gasteiger partial charge in [-0.3, -0.25) is 14.0 Å². The summed E-state index contributed by atoms with van der Waals surface area (Å²) >= 11 is 0. The van der Waals surface area contributed by atoms with Crippen LogP contribution in [-0.2, 0) is 7.05 Å². The quantitative estimate of drug-likeness (QED) is 0.760. The van der Waals surface area contributed by atoms with Gasteiger partial charge in [-0.1, -0.05) is 6.07 Å². The Morgan fingerprint density at radius 1 is 1.35 bits per heavy atom. The molecule has 0 fully saturated rings. The van der Waals surface area contributed by atoms with Gasteiger partial charge in [-0.05, 0) is 32.3 Å². The number of fused-ring (bicyclic) bond motifs is 2. The van der Waals surface area contributed by atoms with Crippen LogP contribution < -0.4 is 10.9 Å². The number of amides is 1. The summed E-state index contributed by atoms with van der Waals surface area (Å²) in [5, 5.41) is 3.29. The van der Waals surface area contributed by atoms with Crippen molar-refractivity contribution >= 4 is 22.6 Å². The molecule has 0 bridgehead atoms. The lowest BCUT2D eigenvalue weighted by atomic mass is 10.3. The minimum Gasteiger partial charge on any atom is -0.349 e. The Morgan fingerprint density at radius 2 is 2.13 bits per heavy atom. The van der Waals surface area contributed by atoms with Crippen molar-refractivity contribution in [3.63, 3.8) is 0 Å². The van der Waals surface area contributed by atoms with E-state index in [0.717, 1.165) is 6.54 Å². The number of likely N-dealkylation sites (N-methyl/N-ethyl adjacent to an activating group) is 1. The normalized spacial score (nSPS) is 11.5. The summed E-state index contributed by atoms with van der Waals surface area (Å²) in [5.74, 6) is -0.208. The van der Waals surface area contributed by atoms with E-state index in [1.54, 1.807) is 36.0 Å². The summed E-state index contributed by atoms with van der Waals surface area (Å²) in [6.45, 7) is 1.29. The number of nitrogens with one attached hydrogen (secondary N) is 1. The van der Waals surface area contributed by atoms with Gasteiger partial charge < -0.3 is 14.8 Å². The molecule has 0 saturated carbocycles. The van der Waals surface area contributed by atoms with Gasteiger partial charge in [-0.15, -0.1) is 0 Å². The summed E-state index contributed by atoms with van der Waals surface area (Å²) in [6, 6.07) is 6.98. The zero-order valence-electron chi connectivity index (χ0n) is 13.4. The van der Waals surface area contributed by atoms with Crippen LogP contribution in [0.3, 0.4) is 0 Å². The fourth-order valence-electron chi connectivity index (χ4n) is 2.52. The molecule has 120 valence electrons. The average Bonchev–Trinajstić information content (AvgIpc) is 2.85. The lowest BCUT2D eigenvalue weighted by Gasteiger charge is -2.10. The summed E-state index contributed by atoms with van der Waals surface area (Å²) in [4.78, 5) is 31.4. The van der Waals surface area contributed by atoms with Crippen molar-refractivity contribution in [1.29, 1.82) is 0 Å². The van der Waals surface area contributed by atoms with Crippen LogP contribution in [0.4, 0.5) is 0 Å². The Bertz CT molecular complexity index is 939. The van der Waals surface area contributed by atoms with Gasteiger partial charge in [-0.2, -0.15) is 0 Å². The highest BCUT2D eigenvalue weighted by molar-refractivity contribution is 5.98. The Morgan fingerprint density at radius 3 is 2.87 bits per heavy atom. The zero-order valence-corrected chi connectivity index (χ0v) is 13.4. The fourth-order valence-corrected chi connectivity index (χ4v) is 2.52. The lowest BCUT2D eigenvalue weighted by molar-refractivity contribution is 0.0943. The second-order valence-electron chi connectivity index (χ2n) is 5.73. The third-order valence-corrected chi connectivity index (χ3v) is 3.79.